The van der Waals surface area contributed by atoms with Crippen LogP contribution in [0.3, 0.4) is 0 Å². The van der Waals surface area contributed by atoms with Gasteiger partial charge in [0.05, 0.1) is 17.1 Å². The fraction of sp³-hybridized carbons (Fsp3) is 0.700. The Morgan fingerprint density at radius 2 is 2.17 bits per heavy atom. The Labute approximate surface area is 72.6 Å². The first-order valence-corrected chi connectivity index (χ1v) is 4.36. The fourth-order valence-electron chi connectivity index (χ4n) is 1.86. The molecule has 2 aliphatic heterocycles. The summed E-state index contributed by atoms with van der Waals surface area (Å²) in [5.41, 5.74) is -0.733. The lowest BCUT2D eigenvalue weighted by molar-refractivity contribution is -0.162. The molecule has 0 N–H and O–H groups in total. The van der Waals surface area contributed by atoms with E-state index in [1.54, 1.807) is 0 Å². The molecule has 66 valence electrons. The lowest BCUT2D eigenvalue weighted by Crippen LogP contribution is -2.51. The van der Waals surface area contributed by atoms with Crippen LogP contribution in [0.25, 0.3) is 0 Å². The molecule has 2 heteroatoms. The highest BCUT2D eigenvalue weighted by molar-refractivity contribution is 5.87. The highest BCUT2D eigenvalue weighted by atomic mass is 16.5. The molecule has 2 bridgehead atoms. The van der Waals surface area contributed by atoms with E-state index in [4.69, 9.17) is 4.74 Å². The largest absolute Gasteiger partial charge is 0.362 e. The third-order valence-corrected chi connectivity index (χ3v) is 3.35. The number of carbonyl (C=O) groups is 1. The van der Waals surface area contributed by atoms with E-state index >= 15 is 0 Å². The molecule has 0 aromatic rings. The van der Waals surface area contributed by atoms with Crippen molar-refractivity contribution in [1.82, 2.24) is 0 Å². The molecule has 2 atom stereocenters. The first-order valence-electron chi connectivity index (χ1n) is 4.36. The van der Waals surface area contributed by atoms with Crippen LogP contribution in [0.4, 0.5) is 0 Å². The molecule has 2 heterocycles. The third-order valence-electron chi connectivity index (χ3n) is 3.35. The van der Waals surface area contributed by atoms with Crippen molar-refractivity contribution in [3.63, 3.8) is 0 Å². The van der Waals surface area contributed by atoms with Gasteiger partial charge in [-0.1, -0.05) is 12.2 Å². The molecule has 0 radical (unpaired) electrons. The van der Waals surface area contributed by atoms with Crippen molar-refractivity contribution in [3.8, 4) is 0 Å². The van der Waals surface area contributed by atoms with Gasteiger partial charge in [-0.15, -0.1) is 0 Å². The first kappa shape index (κ1) is 7.99. The summed E-state index contributed by atoms with van der Waals surface area (Å²) in [4.78, 5) is 11.7. The van der Waals surface area contributed by atoms with E-state index in [1.165, 1.54) is 0 Å². The Morgan fingerprint density at radius 1 is 1.50 bits per heavy atom. The van der Waals surface area contributed by atoms with Gasteiger partial charge in [0.1, 0.15) is 5.78 Å². The van der Waals surface area contributed by atoms with E-state index in [0.717, 1.165) is 0 Å². The number of carbonyl (C=O) groups excluding carboxylic acids is 1. The van der Waals surface area contributed by atoms with Crippen molar-refractivity contribution in [2.24, 2.45) is 5.41 Å². The van der Waals surface area contributed by atoms with Crippen LogP contribution in [-0.4, -0.2) is 17.5 Å². The Balaban J connectivity index is 2.45. The van der Waals surface area contributed by atoms with Crippen LogP contribution in [0.2, 0.25) is 0 Å². The maximum atomic E-state index is 11.7. The lowest BCUT2D eigenvalue weighted by Gasteiger charge is -2.43. The maximum absolute atomic E-state index is 11.7. The van der Waals surface area contributed by atoms with E-state index < -0.39 is 0 Å². The molecular weight excluding hydrogens is 152 g/mol. The average molecular weight is 166 g/mol. The molecule has 0 aromatic carbocycles. The minimum absolute atomic E-state index is 0.0375. The molecular formula is C10H14O2. The molecule has 2 rings (SSSR count). The second-order valence-electron chi connectivity index (χ2n) is 4.37. The van der Waals surface area contributed by atoms with Gasteiger partial charge in [0.25, 0.3) is 0 Å². The zero-order chi connectivity index (χ0) is 8.98. The molecule has 12 heavy (non-hydrogen) atoms. The van der Waals surface area contributed by atoms with Gasteiger partial charge in [-0.05, 0) is 20.8 Å². The summed E-state index contributed by atoms with van der Waals surface area (Å²) in [5.74, 6) is 0.311. The summed E-state index contributed by atoms with van der Waals surface area (Å²) < 4.78 is 5.74. The maximum Gasteiger partial charge on any atom is 0.144 e. The van der Waals surface area contributed by atoms with Crippen molar-refractivity contribution in [1.29, 1.82) is 0 Å². The molecule has 0 amide bonds. The Morgan fingerprint density at radius 3 is 2.83 bits per heavy atom. The third kappa shape index (κ3) is 0.761. The number of ketones is 1. The molecule has 2 aliphatic rings. The van der Waals surface area contributed by atoms with Crippen molar-refractivity contribution in [3.05, 3.63) is 12.2 Å². The van der Waals surface area contributed by atoms with Gasteiger partial charge in [-0.25, -0.2) is 0 Å². The quantitative estimate of drug-likeness (QED) is 0.512. The number of hydrogen-bond acceptors (Lipinski definition) is 2. The van der Waals surface area contributed by atoms with E-state index in [-0.39, 0.29) is 17.1 Å². The standard InChI is InChI=1S/C10H14O2/c1-9(2)8(11)6-7-4-5-10(9,3)12-7/h4-5,7H,6H2,1-3H3/t7-,10+/m1/s1. The lowest BCUT2D eigenvalue weighted by atomic mass is 9.71. The number of Topliss-reactive ketones (excluding diaryl/α,β-unsaturated/α-hetero) is 1. The number of fused-ring (bicyclic) bond motifs is 2. The molecule has 0 unspecified atom stereocenters. The smallest absolute Gasteiger partial charge is 0.144 e. The van der Waals surface area contributed by atoms with E-state index in [0.29, 0.717) is 12.2 Å². The van der Waals surface area contributed by atoms with Crippen molar-refractivity contribution >= 4 is 5.78 Å². The van der Waals surface area contributed by atoms with Gasteiger partial charge < -0.3 is 4.74 Å². The van der Waals surface area contributed by atoms with Crippen LogP contribution in [0, 0.1) is 5.41 Å². The van der Waals surface area contributed by atoms with Gasteiger partial charge >= 0.3 is 0 Å². The SMILES string of the molecule is CC1(C)C(=O)C[C@H]2C=C[C@]1(C)O2. The first-order chi connectivity index (χ1) is 5.46. The Bertz CT molecular complexity index is 262. The van der Waals surface area contributed by atoms with Crippen molar-refractivity contribution in [2.45, 2.75) is 38.9 Å². The normalized spacial score (nSPS) is 43.6. The summed E-state index contributed by atoms with van der Waals surface area (Å²) >= 11 is 0. The summed E-state index contributed by atoms with van der Waals surface area (Å²) in [6, 6.07) is 0. The molecule has 1 fully saturated rings. The average Bonchev–Trinajstić information content (AvgIpc) is 2.29. The van der Waals surface area contributed by atoms with E-state index in [2.05, 4.69) is 0 Å². The highest BCUT2D eigenvalue weighted by Gasteiger charge is 2.53. The van der Waals surface area contributed by atoms with Gasteiger partial charge in [-0.2, -0.15) is 0 Å². The van der Waals surface area contributed by atoms with Gasteiger partial charge in [-0.3, -0.25) is 4.79 Å². The monoisotopic (exact) mass is 166 g/mol. The molecule has 0 spiro atoms. The van der Waals surface area contributed by atoms with Gasteiger partial charge in [0.2, 0.25) is 0 Å². The highest BCUT2D eigenvalue weighted by Crippen LogP contribution is 2.46. The van der Waals surface area contributed by atoms with Crippen molar-refractivity contribution < 1.29 is 9.53 Å². The zero-order valence-corrected chi connectivity index (χ0v) is 7.76. The second-order valence-corrected chi connectivity index (χ2v) is 4.37. The molecule has 0 aliphatic carbocycles. The number of rotatable bonds is 0. The Kier molecular flexibility index (Phi) is 1.33. The van der Waals surface area contributed by atoms with E-state index in [1.807, 2.05) is 32.9 Å². The summed E-state index contributed by atoms with van der Waals surface area (Å²) in [6.07, 6.45) is 4.62. The Hall–Kier alpha value is -0.630. The van der Waals surface area contributed by atoms with Crippen LogP contribution < -0.4 is 0 Å². The topological polar surface area (TPSA) is 26.3 Å². The predicted molar refractivity (Wildman–Crippen MR) is 45.8 cm³/mol. The fourth-order valence-corrected chi connectivity index (χ4v) is 1.86. The summed E-state index contributed by atoms with van der Waals surface area (Å²) in [5, 5.41) is 0. The van der Waals surface area contributed by atoms with E-state index in [9.17, 15) is 4.79 Å². The number of hydrogen-bond donors (Lipinski definition) is 0. The molecule has 0 aromatic heterocycles. The van der Waals surface area contributed by atoms with Gasteiger partial charge in [0.15, 0.2) is 0 Å². The molecule has 0 saturated carbocycles. The van der Waals surface area contributed by atoms with Crippen LogP contribution in [-0.2, 0) is 9.53 Å². The zero-order valence-electron chi connectivity index (χ0n) is 7.76. The summed E-state index contributed by atoms with van der Waals surface area (Å²) in [7, 11) is 0. The van der Waals surface area contributed by atoms with Crippen LogP contribution >= 0.6 is 0 Å². The van der Waals surface area contributed by atoms with Crippen LogP contribution in [0.5, 0.6) is 0 Å². The predicted octanol–water partition coefficient (Wildman–Crippen LogP) is 1.70. The minimum Gasteiger partial charge on any atom is -0.362 e. The van der Waals surface area contributed by atoms with Crippen LogP contribution in [0.15, 0.2) is 12.2 Å². The molecule has 2 nitrogen and oxygen atoms in total. The number of ether oxygens (including phenoxy) is 1. The summed E-state index contributed by atoms with van der Waals surface area (Å²) in [6.45, 7) is 5.91. The minimum atomic E-state index is -0.368. The van der Waals surface area contributed by atoms with Gasteiger partial charge in [0, 0.05) is 6.42 Å². The van der Waals surface area contributed by atoms with Crippen molar-refractivity contribution in [2.75, 3.05) is 0 Å². The molecule has 1 saturated heterocycles. The van der Waals surface area contributed by atoms with Crippen LogP contribution in [0.1, 0.15) is 27.2 Å². The second kappa shape index (κ2) is 1.99.